The molecule has 0 saturated heterocycles. The number of hydrogen-bond donors (Lipinski definition) is 4. The molecule has 19 heavy (non-hydrogen) atoms. The highest BCUT2D eigenvalue weighted by atomic mass is 79.9. The first-order valence-electron chi connectivity index (χ1n) is 5.32. The average molecular weight is 322 g/mol. The Balaban J connectivity index is 2.26. The Morgan fingerprint density at radius 2 is 1.95 bits per heavy atom. The van der Waals surface area contributed by atoms with Gasteiger partial charge in [0.25, 0.3) is 5.56 Å². The predicted molar refractivity (Wildman–Crippen MR) is 74.9 cm³/mol. The Labute approximate surface area is 114 Å². The van der Waals surface area contributed by atoms with Crippen LogP contribution in [0.5, 0.6) is 0 Å². The molecule has 5 N–H and O–H groups in total. The number of rotatable bonds is 1. The number of imidazole rings is 1. The van der Waals surface area contributed by atoms with Crippen molar-refractivity contribution in [1.82, 2.24) is 19.9 Å². The van der Waals surface area contributed by atoms with E-state index in [1.165, 1.54) is 0 Å². The first-order valence-corrected chi connectivity index (χ1v) is 6.11. The number of hydrogen-bond acceptors (Lipinski definition) is 4. The van der Waals surface area contributed by atoms with E-state index < -0.39 is 11.2 Å². The predicted octanol–water partition coefficient (Wildman–Crippen LogP) is 0.951. The van der Waals surface area contributed by atoms with Gasteiger partial charge in [-0.15, -0.1) is 0 Å². The molecule has 7 nitrogen and oxygen atoms in total. The molecule has 0 unspecified atom stereocenters. The molecule has 0 saturated carbocycles. The minimum atomic E-state index is -0.589. The lowest BCUT2D eigenvalue weighted by Crippen LogP contribution is -2.21. The van der Waals surface area contributed by atoms with E-state index in [4.69, 9.17) is 5.73 Å². The molecule has 0 bridgehead atoms. The number of nitrogens with two attached hydrogens (primary N) is 1. The number of nitrogen functional groups attached to an aromatic ring is 1. The van der Waals surface area contributed by atoms with Crippen LogP contribution in [0.2, 0.25) is 0 Å². The third-order valence-corrected chi connectivity index (χ3v) is 3.35. The highest BCUT2D eigenvalue weighted by Gasteiger charge is 2.10. The lowest BCUT2D eigenvalue weighted by molar-refractivity contribution is 1.07. The van der Waals surface area contributed by atoms with Crippen LogP contribution in [-0.2, 0) is 0 Å². The van der Waals surface area contributed by atoms with Crippen LogP contribution in [0.15, 0.2) is 32.3 Å². The second-order valence-corrected chi connectivity index (χ2v) is 4.81. The normalized spacial score (nSPS) is 11.0. The summed E-state index contributed by atoms with van der Waals surface area (Å²) in [7, 11) is 0. The first kappa shape index (κ1) is 11.7. The van der Waals surface area contributed by atoms with Crippen molar-refractivity contribution in [3.8, 4) is 11.4 Å². The van der Waals surface area contributed by atoms with Gasteiger partial charge in [0.15, 0.2) is 5.65 Å². The van der Waals surface area contributed by atoms with E-state index in [-0.39, 0.29) is 11.2 Å². The molecule has 0 aliphatic carbocycles. The first-order chi connectivity index (χ1) is 9.04. The van der Waals surface area contributed by atoms with Crippen LogP contribution in [0.4, 0.5) is 5.69 Å². The average Bonchev–Trinajstić information content (AvgIpc) is 2.76. The third-order valence-electron chi connectivity index (χ3n) is 2.66. The topological polar surface area (TPSA) is 120 Å². The van der Waals surface area contributed by atoms with Crippen LogP contribution < -0.4 is 17.0 Å². The highest BCUT2D eigenvalue weighted by Crippen LogP contribution is 2.26. The van der Waals surface area contributed by atoms with Crippen molar-refractivity contribution < 1.29 is 0 Å². The van der Waals surface area contributed by atoms with E-state index in [0.29, 0.717) is 11.5 Å². The Bertz CT molecular complexity index is 892. The second-order valence-electron chi connectivity index (χ2n) is 3.95. The summed E-state index contributed by atoms with van der Waals surface area (Å²) < 4.78 is 0.729. The van der Waals surface area contributed by atoms with Crippen LogP contribution in [0.3, 0.4) is 0 Å². The van der Waals surface area contributed by atoms with Crippen molar-refractivity contribution in [1.29, 1.82) is 0 Å². The largest absolute Gasteiger partial charge is 0.398 e. The molecular weight excluding hydrogens is 314 g/mol. The Kier molecular flexibility index (Phi) is 2.53. The Hall–Kier alpha value is -2.35. The molecule has 0 fully saturated rings. The maximum Gasteiger partial charge on any atom is 0.327 e. The maximum atomic E-state index is 11.6. The Morgan fingerprint density at radius 3 is 2.68 bits per heavy atom. The van der Waals surface area contributed by atoms with Gasteiger partial charge in [-0.1, -0.05) is 0 Å². The minimum absolute atomic E-state index is 0.219. The van der Waals surface area contributed by atoms with Gasteiger partial charge in [-0.05, 0) is 34.1 Å². The highest BCUT2D eigenvalue weighted by molar-refractivity contribution is 9.10. The van der Waals surface area contributed by atoms with Gasteiger partial charge in [0.2, 0.25) is 0 Å². The van der Waals surface area contributed by atoms with Gasteiger partial charge in [0, 0.05) is 15.7 Å². The van der Waals surface area contributed by atoms with Crippen molar-refractivity contribution in [2.24, 2.45) is 0 Å². The van der Waals surface area contributed by atoms with Gasteiger partial charge in [0.1, 0.15) is 11.3 Å². The molecule has 96 valence electrons. The lowest BCUT2D eigenvalue weighted by Gasteiger charge is -2.00. The maximum absolute atomic E-state index is 11.6. The van der Waals surface area contributed by atoms with Gasteiger partial charge in [0.05, 0.1) is 0 Å². The van der Waals surface area contributed by atoms with Crippen molar-refractivity contribution in [2.45, 2.75) is 0 Å². The van der Waals surface area contributed by atoms with E-state index in [1.807, 2.05) is 0 Å². The summed E-state index contributed by atoms with van der Waals surface area (Å²) in [5.74, 6) is 0.475. The minimum Gasteiger partial charge on any atom is -0.398 e. The number of halogens is 1. The fourth-order valence-electron chi connectivity index (χ4n) is 1.74. The summed E-state index contributed by atoms with van der Waals surface area (Å²) in [5.41, 5.74) is 6.40. The van der Waals surface area contributed by atoms with Gasteiger partial charge < -0.3 is 10.7 Å². The number of aromatic amines is 3. The van der Waals surface area contributed by atoms with Gasteiger partial charge in [-0.3, -0.25) is 14.8 Å². The monoisotopic (exact) mass is 321 g/mol. The Morgan fingerprint density at radius 1 is 1.16 bits per heavy atom. The zero-order valence-electron chi connectivity index (χ0n) is 9.45. The molecule has 0 radical (unpaired) electrons. The SMILES string of the molecule is Nc1ccc(-c2nc3[nH]c(=O)[nH]c(=O)c3[nH]2)cc1Br. The smallest absolute Gasteiger partial charge is 0.327 e. The lowest BCUT2D eigenvalue weighted by atomic mass is 10.2. The number of nitrogens with one attached hydrogen (secondary N) is 3. The molecule has 0 aliphatic heterocycles. The van der Waals surface area contributed by atoms with E-state index >= 15 is 0 Å². The molecule has 0 amide bonds. The van der Waals surface area contributed by atoms with E-state index in [1.54, 1.807) is 18.2 Å². The standard InChI is InChI=1S/C11H8BrN5O2/c12-5-3-4(1-2-6(5)13)8-14-7-9(15-8)16-11(19)17-10(7)18/h1-3H,13H2,(H3,14,15,16,17,18,19). The van der Waals surface area contributed by atoms with E-state index in [2.05, 4.69) is 35.9 Å². The van der Waals surface area contributed by atoms with E-state index in [0.717, 1.165) is 10.0 Å². The molecule has 0 spiro atoms. The zero-order valence-corrected chi connectivity index (χ0v) is 11.0. The second kappa shape index (κ2) is 4.09. The molecular formula is C11H8BrN5O2. The number of fused-ring (bicyclic) bond motifs is 1. The third kappa shape index (κ3) is 1.95. The summed E-state index contributed by atoms with van der Waals surface area (Å²) in [6.07, 6.45) is 0. The number of H-pyrrole nitrogens is 3. The van der Waals surface area contributed by atoms with Crippen molar-refractivity contribution in [3.63, 3.8) is 0 Å². The molecule has 0 aliphatic rings. The van der Waals surface area contributed by atoms with Gasteiger partial charge >= 0.3 is 5.69 Å². The van der Waals surface area contributed by atoms with Crippen molar-refractivity contribution >= 4 is 32.8 Å². The van der Waals surface area contributed by atoms with Gasteiger partial charge in [-0.2, -0.15) is 0 Å². The summed E-state index contributed by atoms with van der Waals surface area (Å²) in [6.45, 7) is 0. The zero-order chi connectivity index (χ0) is 13.6. The molecule has 2 aromatic heterocycles. The summed E-state index contributed by atoms with van der Waals surface area (Å²) in [6, 6.07) is 5.27. The van der Waals surface area contributed by atoms with Crippen molar-refractivity contribution in [3.05, 3.63) is 43.5 Å². The molecule has 3 aromatic rings. The number of nitrogens with zero attached hydrogens (tertiary/aromatic N) is 1. The molecule has 2 heterocycles. The van der Waals surface area contributed by atoms with Gasteiger partial charge in [-0.25, -0.2) is 9.78 Å². The van der Waals surface area contributed by atoms with Crippen molar-refractivity contribution in [2.75, 3.05) is 5.73 Å². The van der Waals surface area contributed by atoms with Crippen LogP contribution in [0, 0.1) is 0 Å². The fourth-order valence-corrected chi connectivity index (χ4v) is 2.12. The molecule has 1 aromatic carbocycles. The summed E-state index contributed by atoms with van der Waals surface area (Å²) in [4.78, 5) is 34.4. The number of benzene rings is 1. The van der Waals surface area contributed by atoms with Crippen LogP contribution in [-0.4, -0.2) is 19.9 Å². The molecule has 0 atom stereocenters. The van der Waals surface area contributed by atoms with Crippen LogP contribution >= 0.6 is 15.9 Å². The fraction of sp³-hybridized carbons (Fsp3) is 0. The van der Waals surface area contributed by atoms with Crippen LogP contribution in [0.1, 0.15) is 0 Å². The quantitative estimate of drug-likeness (QED) is 0.498. The molecule has 8 heteroatoms. The number of anilines is 1. The van der Waals surface area contributed by atoms with Crippen LogP contribution in [0.25, 0.3) is 22.6 Å². The molecule has 3 rings (SSSR count). The summed E-state index contributed by atoms with van der Waals surface area (Å²) in [5, 5.41) is 0. The summed E-state index contributed by atoms with van der Waals surface area (Å²) >= 11 is 3.32. The van der Waals surface area contributed by atoms with E-state index in [9.17, 15) is 9.59 Å². The number of aromatic nitrogens is 4.